The van der Waals surface area contributed by atoms with E-state index < -0.39 is 0 Å². The fourth-order valence-corrected chi connectivity index (χ4v) is 3.24. The molecule has 0 spiro atoms. The molecule has 1 aliphatic rings. The maximum atomic E-state index is 13.3. The van der Waals surface area contributed by atoms with E-state index in [4.69, 9.17) is 0 Å². The molecule has 2 atom stereocenters. The molecule has 1 saturated carbocycles. The number of hydrogen-bond acceptors (Lipinski definition) is 3. The highest BCUT2D eigenvalue weighted by atomic mass is 19.1. The monoisotopic (exact) mass is 331 g/mol. The number of amides is 1. The molecule has 2 N–H and O–H groups in total. The number of hydrogen-bond donors (Lipinski definition) is 2. The zero-order valence-corrected chi connectivity index (χ0v) is 13.5. The molecule has 3 rings (SSSR count). The molecule has 0 saturated heterocycles. The maximum Gasteiger partial charge on any atom is 0.272 e. The first-order valence-corrected chi connectivity index (χ1v) is 8.40. The van der Waals surface area contributed by atoms with Crippen LogP contribution >= 0.6 is 0 Å². The smallest absolute Gasteiger partial charge is 0.272 e. The highest BCUT2D eigenvalue weighted by Crippen LogP contribution is 2.23. The number of carbonyl (C=O) groups excluding carboxylic acids is 1. The number of aliphatic hydroxyl groups excluding tert-OH is 1. The Bertz CT molecular complexity index is 701. The number of benzene rings is 1. The lowest BCUT2D eigenvalue weighted by Gasteiger charge is -2.24. The van der Waals surface area contributed by atoms with Crippen molar-refractivity contribution in [3.63, 3.8) is 0 Å². The fraction of sp³-hybridized carbons (Fsp3) is 0.444. The first kappa shape index (κ1) is 16.6. The Morgan fingerprint density at radius 2 is 2.12 bits per heavy atom. The van der Waals surface area contributed by atoms with E-state index in [1.165, 1.54) is 16.8 Å². The molecule has 1 aromatic heterocycles. The summed E-state index contributed by atoms with van der Waals surface area (Å²) < 4.78 is 14.8. The van der Waals surface area contributed by atoms with Gasteiger partial charge in [-0.25, -0.2) is 9.07 Å². The van der Waals surface area contributed by atoms with Crippen LogP contribution in [-0.4, -0.2) is 33.4 Å². The van der Waals surface area contributed by atoms with Crippen molar-refractivity contribution in [2.75, 3.05) is 6.61 Å². The molecule has 0 bridgehead atoms. The lowest BCUT2D eigenvalue weighted by molar-refractivity contribution is 0.0894. The minimum atomic E-state index is -0.349. The van der Waals surface area contributed by atoms with Gasteiger partial charge in [0.1, 0.15) is 5.82 Å². The van der Waals surface area contributed by atoms with Gasteiger partial charge in [0, 0.05) is 24.8 Å². The van der Waals surface area contributed by atoms with Gasteiger partial charge in [-0.2, -0.15) is 5.10 Å². The Labute approximate surface area is 140 Å². The molecule has 1 aromatic carbocycles. The standard InChI is InChI=1S/C18H22FN3O2/c19-14-6-4-7-15(11-14)22-10-9-17(21-22)18(24)20-16-8-3-1-2-5-13(16)12-23/h4,6-7,9-11,13,16,23H,1-3,5,8,12H2,(H,20,24). The second-order valence-corrected chi connectivity index (χ2v) is 6.29. The van der Waals surface area contributed by atoms with E-state index >= 15 is 0 Å². The predicted molar refractivity (Wildman–Crippen MR) is 88.4 cm³/mol. The van der Waals surface area contributed by atoms with Gasteiger partial charge in [-0.15, -0.1) is 0 Å². The first-order chi connectivity index (χ1) is 11.7. The summed E-state index contributed by atoms with van der Waals surface area (Å²) in [7, 11) is 0. The summed E-state index contributed by atoms with van der Waals surface area (Å²) in [6, 6.07) is 7.65. The van der Waals surface area contributed by atoms with Crippen LogP contribution < -0.4 is 5.32 Å². The number of aliphatic hydroxyl groups is 1. The number of carbonyl (C=O) groups is 1. The van der Waals surface area contributed by atoms with Gasteiger partial charge in [-0.05, 0) is 37.1 Å². The highest BCUT2D eigenvalue weighted by molar-refractivity contribution is 5.92. The van der Waals surface area contributed by atoms with Crippen LogP contribution in [0.2, 0.25) is 0 Å². The van der Waals surface area contributed by atoms with Crippen LogP contribution in [0.4, 0.5) is 4.39 Å². The van der Waals surface area contributed by atoms with E-state index in [2.05, 4.69) is 10.4 Å². The zero-order chi connectivity index (χ0) is 16.9. The van der Waals surface area contributed by atoms with Crippen LogP contribution in [0.15, 0.2) is 36.5 Å². The van der Waals surface area contributed by atoms with Crippen molar-refractivity contribution in [1.82, 2.24) is 15.1 Å². The largest absolute Gasteiger partial charge is 0.396 e. The molecule has 2 unspecified atom stereocenters. The van der Waals surface area contributed by atoms with Gasteiger partial charge >= 0.3 is 0 Å². The molecule has 6 heteroatoms. The molecule has 0 radical (unpaired) electrons. The summed E-state index contributed by atoms with van der Waals surface area (Å²) in [5.74, 6) is -0.504. The Kier molecular flexibility index (Phi) is 5.25. The fourth-order valence-electron chi connectivity index (χ4n) is 3.24. The topological polar surface area (TPSA) is 67.2 Å². The van der Waals surface area contributed by atoms with Crippen molar-refractivity contribution < 1.29 is 14.3 Å². The Hall–Kier alpha value is -2.21. The van der Waals surface area contributed by atoms with Gasteiger partial charge in [-0.1, -0.05) is 25.3 Å². The number of aromatic nitrogens is 2. The summed E-state index contributed by atoms with van der Waals surface area (Å²) in [5, 5.41) is 16.8. The minimum absolute atomic E-state index is 0.0238. The van der Waals surface area contributed by atoms with E-state index in [1.807, 2.05) is 0 Å². The van der Waals surface area contributed by atoms with Gasteiger partial charge in [0.25, 0.3) is 5.91 Å². The van der Waals surface area contributed by atoms with Crippen molar-refractivity contribution >= 4 is 5.91 Å². The quantitative estimate of drug-likeness (QED) is 0.847. The summed E-state index contributed by atoms with van der Waals surface area (Å²) in [4.78, 5) is 12.5. The van der Waals surface area contributed by atoms with Gasteiger partial charge < -0.3 is 10.4 Å². The molecule has 24 heavy (non-hydrogen) atoms. The predicted octanol–water partition coefficient (Wildman–Crippen LogP) is 2.68. The maximum absolute atomic E-state index is 13.3. The van der Waals surface area contributed by atoms with Crippen LogP contribution in [0.25, 0.3) is 5.69 Å². The molecule has 0 aliphatic heterocycles. The second kappa shape index (κ2) is 7.57. The molecule has 1 aliphatic carbocycles. The summed E-state index contributed by atoms with van der Waals surface area (Å²) in [5.41, 5.74) is 0.858. The highest BCUT2D eigenvalue weighted by Gasteiger charge is 2.25. The van der Waals surface area contributed by atoms with Gasteiger partial charge in [0.05, 0.1) is 5.69 Å². The van der Waals surface area contributed by atoms with E-state index in [0.717, 1.165) is 32.1 Å². The lowest BCUT2D eigenvalue weighted by atomic mass is 9.95. The van der Waals surface area contributed by atoms with Crippen molar-refractivity contribution in [3.8, 4) is 5.69 Å². The van der Waals surface area contributed by atoms with Gasteiger partial charge in [-0.3, -0.25) is 4.79 Å². The molecule has 5 nitrogen and oxygen atoms in total. The van der Waals surface area contributed by atoms with Gasteiger partial charge in [0.15, 0.2) is 5.69 Å². The molecular formula is C18H22FN3O2. The van der Waals surface area contributed by atoms with E-state index in [1.54, 1.807) is 24.4 Å². The molecular weight excluding hydrogens is 309 g/mol. The Morgan fingerprint density at radius 3 is 2.92 bits per heavy atom. The number of halogens is 1. The second-order valence-electron chi connectivity index (χ2n) is 6.29. The van der Waals surface area contributed by atoms with E-state index in [9.17, 15) is 14.3 Å². The van der Waals surface area contributed by atoms with Crippen molar-refractivity contribution in [2.45, 2.75) is 38.1 Å². The third kappa shape index (κ3) is 3.82. The Balaban J connectivity index is 1.71. The van der Waals surface area contributed by atoms with Gasteiger partial charge in [0.2, 0.25) is 0 Å². The summed E-state index contributed by atoms with van der Waals surface area (Å²) in [6.45, 7) is 0.0860. The van der Waals surface area contributed by atoms with Crippen LogP contribution in [0, 0.1) is 11.7 Å². The van der Waals surface area contributed by atoms with E-state index in [0.29, 0.717) is 11.4 Å². The number of nitrogens with one attached hydrogen (secondary N) is 1. The van der Waals surface area contributed by atoms with Crippen molar-refractivity contribution in [3.05, 3.63) is 48.0 Å². The van der Waals surface area contributed by atoms with Crippen molar-refractivity contribution in [1.29, 1.82) is 0 Å². The van der Waals surface area contributed by atoms with Crippen LogP contribution in [0.1, 0.15) is 42.6 Å². The van der Waals surface area contributed by atoms with Crippen LogP contribution in [0.5, 0.6) is 0 Å². The zero-order valence-electron chi connectivity index (χ0n) is 13.5. The third-order valence-electron chi connectivity index (χ3n) is 4.60. The SMILES string of the molecule is O=C(NC1CCCCCC1CO)c1ccn(-c2cccc(F)c2)n1. The molecule has 1 heterocycles. The van der Waals surface area contributed by atoms with Crippen LogP contribution in [-0.2, 0) is 0 Å². The third-order valence-corrected chi connectivity index (χ3v) is 4.60. The van der Waals surface area contributed by atoms with Crippen LogP contribution in [0.3, 0.4) is 0 Å². The molecule has 1 amide bonds. The molecule has 2 aromatic rings. The first-order valence-electron chi connectivity index (χ1n) is 8.40. The normalized spacial score (nSPS) is 21.2. The van der Waals surface area contributed by atoms with Crippen molar-refractivity contribution in [2.24, 2.45) is 5.92 Å². The lowest BCUT2D eigenvalue weighted by Crippen LogP contribution is -2.41. The minimum Gasteiger partial charge on any atom is -0.396 e. The summed E-state index contributed by atoms with van der Waals surface area (Å²) >= 11 is 0. The number of rotatable bonds is 4. The summed E-state index contributed by atoms with van der Waals surface area (Å²) in [6.07, 6.45) is 6.73. The van der Waals surface area contributed by atoms with E-state index in [-0.39, 0.29) is 30.3 Å². The Morgan fingerprint density at radius 1 is 1.29 bits per heavy atom. The average molecular weight is 331 g/mol. The molecule has 1 fully saturated rings. The average Bonchev–Trinajstić information content (AvgIpc) is 2.97. The number of nitrogens with zero attached hydrogens (tertiary/aromatic N) is 2. The molecule has 128 valence electrons.